The molecular formula is C34H58O3. The maximum atomic E-state index is 12.9. The Morgan fingerprint density at radius 2 is 1.84 bits per heavy atom. The summed E-state index contributed by atoms with van der Waals surface area (Å²) >= 11 is 0. The van der Waals surface area contributed by atoms with Crippen LogP contribution in [0.5, 0.6) is 0 Å². The van der Waals surface area contributed by atoms with Gasteiger partial charge in [0.1, 0.15) is 6.10 Å². The summed E-state index contributed by atoms with van der Waals surface area (Å²) in [5, 5.41) is 10.7. The first-order valence-corrected chi connectivity index (χ1v) is 16.2. The quantitative estimate of drug-likeness (QED) is 0.170. The van der Waals surface area contributed by atoms with Gasteiger partial charge in [0.25, 0.3) is 0 Å². The summed E-state index contributed by atoms with van der Waals surface area (Å²) in [5.41, 5.74) is 1.74. The molecule has 3 heteroatoms. The monoisotopic (exact) mass is 514 g/mol. The van der Waals surface area contributed by atoms with Crippen molar-refractivity contribution in [2.75, 3.05) is 0 Å². The predicted octanol–water partition coefficient (Wildman–Crippen LogP) is 8.88. The number of rotatable bonds is 11. The van der Waals surface area contributed by atoms with Crippen LogP contribution in [0.25, 0.3) is 0 Å². The summed E-state index contributed by atoms with van der Waals surface area (Å²) in [6, 6.07) is 0. The van der Waals surface area contributed by atoms with Gasteiger partial charge in [0.15, 0.2) is 0 Å². The number of unbranched alkanes of at least 4 members (excludes halogenated alkanes) is 3. The molecule has 0 radical (unpaired) electrons. The average molecular weight is 515 g/mol. The average Bonchev–Trinajstić information content (AvgIpc) is 3.20. The van der Waals surface area contributed by atoms with E-state index in [4.69, 9.17) is 4.74 Å². The Balaban J connectivity index is 1.48. The van der Waals surface area contributed by atoms with Crippen molar-refractivity contribution < 1.29 is 14.6 Å². The number of carbonyl (C=O) groups is 1. The van der Waals surface area contributed by atoms with Crippen LogP contribution in [0, 0.1) is 46.3 Å². The standard InChI is InChI=1S/C34H58O3/c1-7-8-9-10-14-32(36)37-31-22-26(35)21-25-15-16-27-29-18-17-28(24(4)13-11-12-23(2)3)33(29,5)20-19-30(27)34(25,31)6/h15,23-24,26-31,35H,7-14,16-22H2,1-6H3/t24-,26-,27+,28-,29+,30+,31?,33-,34+/m1/s1. The lowest BCUT2D eigenvalue weighted by molar-refractivity contribution is -0.169. The minimum atomic E-state index is -0.384. The van der Waals surface area contributed by atoms with Gasteiger partial charge in [-0.1, -0.05) is 91.7 Å². The lowest BCUT2D eigenvalue weighted by atomic mass is 9.46. The van der Waals surface area contributed by atoms with Crippen LogP contribution in [0.2, 0.25) is 0 Å². The zero-order valence-electron chi connectivity index (χ0n) is 25.1. The van der Waals surface area contributed by atoms with Gasteiger partial charge in [0.2, 0.25) is 0 Å². The number of hydrogen-bond acceptors (Lipinski definition) is 3. The normalized spacial score (nSPS) is 39.9. The van der Waals surface area contributed by atoms with Crippen LogP contribution in [0.15, 0.2) is 11.6 Å². The molecule has 0 aliphatic heterocycles. The summed E-state index contributed by atoms with van der Waals surface area (Å²) in [4.78, 5) is 12.9. The minimum absolute atomic E-state index is 0.0466. The van der Waals surface area contributed by atoms with E-state index >= 15 is 0 Å². The van der Waals surface area contributed by atoms with E-state index in [9.17, 15) is 9.90 Å². The highest BCUT2D eigenvalue weighted by Gasteiger charge is 2.61. The number of hydrogen-bond donors (Lipinski definition) is 1. The molecule has 0 heterocycles. The summed E-state index contributed by atoms with van der Waals surface area (Å²) in [6.07, 6.45) is 18.8. The second-order valence-electron chi connectivity index (χ2n) is 14.5. The molecule has 0 bridgehead atoms. The van der Waals surface area contributed by atoms with Crippen LogP contribution in [-0.2, 0) is 9.53 Å². The Morgan fingerprint density at radius 3 is 2.57 bits per heavy atom. The zero-order chi connectivity index (χ0) is 26.8. The molecule has 1 unspecified atom stereocenters. The van der Waals surface area contributed by atoms with E-state index in [0.29, 0.717) is 30.1 Å². The van der Waals surface area contributed by atoms with Crippen LogP contribution in [-0.4, -0.2) is 23.3 Å². The van der Waals surface area contributed by atoms with Gasteiger partial charge in [-0.3, -0.25) is 4.79 Å². The molecule has 0 aromatic rings. The molecule has 9 atom stereocenters. The molecule has 4 rings (SSSR count). The summed E-state index contributed by atoms with van der Waals surface area (Å²) in [6.45, 7) is 14.5. The number of aliphatic hydroxyl groups excluding tert-OH is 1. The number of aliphatic hydroxyl groups is 1. The van der Waals surface area contributed by atoms with Crippen molar-refractivity contribution in [2.45, 2.75) is 150 Å². The highest BCUT2D eigenvalue weighted by molar-refractivity contribution is 5.69. The first-order valence-electron chi connectivity index (χ1n) is 16.2. The van der Waals surface area contributed by atoms with E-state index in [1.165, 1.54) is 63.4 Å². The van der Waals surface area contributed by atoms with Crippen molar-refractivity contribution in [3.8, 4) is 0 Å². The second-order valence-corrected chi connectivity index (χ2v) is 14.5. The lowest BCUT2D eigenvalue weighted by Gasteiger charge is -2.60. The molecular weight excluding hydrogens is 456 g/mol. The van der Waals surface area contributed by atoms with Crippen LogP contribution in [0.4, 0.5) is 0 Å². The molecule has 37 heavy (non-hydrogen) atoms. The third-order valence-corrected chi connectivity index (χ3v) is 11.9. The molecule has 1 N–H and O–H groups in total. The number of ether oxygens (including phenoxy) is 1. The van der Waals surface area contributed by atoms with Gasteiger partial charge in [0.05, 0.1) is 6.10 Å². The summed E-state index contributed by atoms with van der Waals surface area (Å²) in [5.74, 6) is 4.50. The van der Waals surface area contributed by atoms with E-state index in [-0.39, 0.29) is 23.6 Å². The maximum absolute atomic E-state index is 12.9. The number of esters is 1. The van der Waals surface area contributed by atoms with E-state index in [2.05, 4.69) is 47.6 Å². The summed E-state index contributed by atoms with van der Waals surface area (Å²) < 4.78 is 6.28. The van der Waals surface area contributed by atoms with E-state index in [0.717, 1.165) is 49.4 Å². The fraction of sp³-hybridized carbons (Fsp3) is 0.912. The highest BCUT2D eigenvalue weighted by Crippen LogP contribution is 2.67. The van der Waals surface area contributed by atoms with Crippen LogP contribution >= 0.6 is 0 Å². The van der Waals surface area contributed by atoms with Gasteiger partial charge >= 0.3 is 5.97 Å². The molecule has 4 aliphatic rings. The molecule has 212 valence electrons. The van der Waals surface area contributed by atoms with Gasteiger partial charge in [-0.25, -0.2) is 0 Å². The number of fused-ring (bicyclic) bond motifs is 5. The van der Waals surface area contributed by atoms with Crippen molar-refractivity contribution in [1.29, 1.82) is 0 Å². The minimum Gasteiger partial charge on any atom is -0.461 e. The third-order valence-electron chi connectivity index (χ3n) is 11.9. The molecule has 0 aromatic carbocycles. The number of carbonyl (C=O) groups excluding carboxylic acids is 1. The van der Waals surface area contributed by atoms with Gasteiger partial charge in [0, 0.05) is 18.3 Å². The van der Waals surface area contributed by atoms with Crippen molar-refractivity contribution in [3.05, 3.63) is 11.6 Å². The lowest BCUT2D eigenvalue weighted by Crippen LogP contribution is -2.56. The van der Waals surface area contributed by atoms with Crippen molar-refractivity contribution in [1.82, 2.24) is 0 Å². The third kappa shape index (κ3) is 5.87. The Morgan fingerprint density at radius 1 is 1.05 bits per heavy atom. The predicted molar refractivity (Wildman–Crippen MR) is 153 cm³/mol. The first-order chi connectivity index (χ1) is 17.6. The molecule has 3 saturated carbocycles. The molecule has 0 spiro atoms. The topological polar surface area (TPSA) is 46.5 Å². The van der Waals surface area contributed by atoms with Crippen molar-refractivity contribution >= 4 is 5.97 Å². The SMILES string of the molecule is CCCCCCC(=O)OC1C[C@H](O)CC2=CC[C@H]3[C@@H]4CC[C@H]([C@H](C)CCCC(C)C)[C@@]4(C)CC[C@@H]3[C@]21C. The fourth-order valence-electron chi connectivity index (χ4n) is 9.78. The van der Waals surface area contributed by atoms with E-state index in [1.807, 2.05) is 0 Å². The van der Waals surface area contributed by atoms with Gasteiger partial charge in [-0.2, -0.15) is 0 Å². The molecule has 4 aliphatic carbocycles. The smallest absolute Gasteiger partial charge is 0.306 e. The largest absolute Gasteiger partial charge is 0.461 e. The zero-order valence-corrected chi connectivity index (χ0v) is 25.1. The van der Waals surface area contributed by atoms with Gasteiger partial charge in [-0.15, -0.1) is 0 Å². The first kappa shape index (κ1) is 29.2. The van der Waals surface area contributed by atoms with Crippen LogP contribution in [0.1, 0.15) is 138 Å². The number of allylic oxidation sites excluding steroid dienone is 1. The Bertz CT molecular complexity index is 801. The van der Waals surface area contributed by atoms with Crippen LogP contribution in [0.3, 0.4) is 0 Å². The maximum Gasteiger partial charge on any atom is 0.306 e. The van der Waals surface area contributed by atoms with E-state index in [1.54, 1.807) is 0 Å². The molecule has 0 saturated heterocycles. The Kier molecular flexibility index (Phi) is 9.56. The van der Waals surface area contributed by atoms with E-state index < -0.39 is 0 Å². The fourth-order valence-corrected chi connectivity index (χ4v) is 9.78. The Hall–Kier alpha value is -0.830. The molecule has 3 fully saturated rings. The Labute approximate surface area is 228 Å². The van der Waals surface area contributed by atoms with Crippen molar-refractivity contribution in [2.24, 2.45) is 46.3 Å². The van der Waals surface area contributed by atoms with Gasteiger partial charge < -0.3 is 9.84 Å². The molecule has 3 nitrogen and oxygen atoms in total. The highest BCUT2D eigenvalue weighted by atomic mass is 16.5. The molecule has 0 amide bonds. The van der Waals surface area contributed by atoms with Crippen LogP contribution < -0.4 is 0 Å². The summed E-state index contributed by atoms with van der Waals surface area (Å²) in [7, 11) is 0. The second kappa shape index (κ2) is 12.1. The molecule has 0 aromatic heterocycles. The van der Waals surface area contributed by atoms with Crippen molar-refractivity contribution in [3.63, 3.8) is 0 Å². The van der Waals surface area contributed by atoms with Gasteiger partial charge in [-0.05, 0) is 85.9 Å².